The molecule has 2 aromatic heterocycles. The van der Waals surface area contributed by atoms with Crippen molar-refractivity contribution in [1.82, 2.24) is 15.1 Å². The minimum Gasteiger partial charge on any atom is -0.384 e. The van der Waals surface area contributed by atoms with Gasteiger partial charge in [-0.1, -0.05) is 35.5 Å². The van der Waals surface area contributed by atoms with E-state index >= 15 is 0 Å². The Balaban J connectivity index is 1.43. The number of piperidine rings is 1. The lowest BCUT2D eigenvalue weighted by Crippen LogP contribution is -2.37. The second-order valence-corrected chi connectivity index (χ2v) is 6.99. The van der Waals surface area contributed by atoms with Gasteiger partial charge in [0.15, 0.2) is 5.82 Å². The predicted octanol–water partition coefficient (Wildman–Crippen LogP) is 3.59. The summed E-state index contributed by atoms with van der Waals surface area (Å²) in [6, 6.07) is 14.2. The number of hydrogen-bond acceptors (Lipinski definition) is 6. The fraction of sp³-hybridized carbons (Fsp3) is 0.381. The number of hydrogen-bond donors (Lipinski definition) is 0. The van der Waals surface area contributed by atoms with E-state index in [-0.39, 0.29) is 0 Å². The van der Waals surface area contributed by atoms with Crippen LogP contribution in [0.15, 0.2) is 53.2 Å². The van der Waals surface area contributed by atoms with Crippen molar-refractivity contribution in [2.75, 3.05) is 31.7 Å². The van der Waals surface area contributed by atoms with E-state index in [1.54, 1.807) is 7.11 Å². The summed E-state index contributed by atoms with van der Waals surface area (Å²) in [6.45, 7) is 2.83. The lowest BCUT2D eigenvalue weighted by molar-refractivity contribution is 0.143. The topological polar surface area (TPSA) is 64.3 Å². The number of rotatable bonds is 6. The monoisotopic (exact) mass is 364 g/mol. The third-order valence-corrected chi connectivity index (χ3v) is 4.91. The van der Waals surface area contributed by atoms with Gasteiger partial charge >= 0.3 is 0 Å². The summed E-state index contributed by atoms with van der Waals surface area (Å²) in [5.41, 5.74) is 2.00. The van der Waals surface area contributed by atoms with Gasteiger partial charge in [0.2, 0.25) is 0 Å². The summed E-state index contributed by atoms with van der Waals surface area (Å²) >= 11 is 0. The van der Waals surface area contributed by atoms with Crippen molar-refractivity contribution in [3.8, 4) is 11.5 Å². The van der Waals surface area contributed by atoms with Crippen LogP contribution >= 0.6 is 0 Å². The summed E-state index contributed by atoms with van der Waals surface area (Å²) < 4.78 is 10.7. The maximum Gasteiger partial charge on any atom is 0.259 e. The van der Waals surface area contributed by atoms with Crippen LogP contribution in [-0.2, 0) is 11.2 Å². The smallest absolute Gasteiger partial charge is 0.259 e. The van der Waals surface area contributed by atoms with Crippen LogP contribution in [0.25, 0.3) is 11.5 Å². The molecule has 3 heterocycles. The Morgan fingerprint density at radius 2 is 2.07 bits per heavy atom. The highest BCUT2D eigenvalue weighted by Gasteiger charge is 2.21. The van der Waals surface area contributed by atoms with Crippen LogP contribution in [0.4, 0.5) is 5.82 Å². The van der Waals surface area contributed by atoms with Gasteiger partial charge in [-0.2, -0.15) is 4.98 Å². The molecule has 0 unspecified atom stereocenters. The van der Waals surface area contributed by atoms with E-state index in [0.29, 0.717) is 24.1 Å². The van der Waals surface area contributed by atoms with Crippen LogP contribution in [-0.4, -0.2) is 41.9 Å². The van der Waals surface area contributed by atoms with Crippen LogP contribution in [0, 0.1) is 5.92 Å². The molecule has 140 valence electrons. The van der Waals surface area contributed by atoms with Crippen LogP contribution in [0.3, 0.4) is 0 Å². The van der Waals surface area contributed by atoms with E-state index in [0.717, 1.165) is 36.6 Å². The minimum atomic E-state index is 0.510. The summed E-state index contributed by atoms with van der Waals surface area (Å²) in [5.74, 6) is 2.75. The zero-order chi connectivity index (χ0) is 18.5. The van der Waals surface area contributed by atoms with Crippen molar-refractivity contribution in [2.24, 2.45) is 5.92 Å². The third kappa shape index (κ3) is 4.34. The van der Waals surface area contributed by atoms with Crippen LogP contribution < -0.4 is 4.90 Å². The molecule has 1 aliphatic heterocycles. The lowest BCUT2D eigenvalue weighted by Gasteiger charge is -2.33. The Hall–Kier alpha value is -2.73. The molecule has 3 aromatic rings. The zero-order valence-electron chi connectivity index (χ0n) is 15.5. The van der Waals surface area contributed by atoms with Crippen molar-refractivity contribution in [3.05, 3.63) is 60.0 Å². The van der Waals surface area contributed by atoms with Crippen LogP contribution in [0.1, 0.15) is 24.2 Å². The number of aromatic nitrogens is 3. The molecule has 0 aliphatic carbocycles. The van der Waals surface area contributed by atoms with Crippen LogP contribution in [0.5, 0.6) is 0 Å². The highest BCUT2D eigenvalue weighted by Crippen LogP contribution is 2.24. The number of ether oxygens (including phenoxy) is 1. The summed E-state index contributed by atoms with van der Waals surface area (Å²) in [5, 5.41) is 4.09. The van der Waals surface area contributed by atoms with Crippen molar-refractivity contribution < 1.29 is 9.26 Å². The first kappa shape index (κ1) is 17.7. The Labute approximate surface area is 159 Å². The lowest BCUT2D eigenvalue weighted by atomic mass is 9.99. The molecular formula is C21H24N4O2. The fourth-order valence-corrected chi connectivity index (χ4v) is 3.57. The summed E-state index contributed by atoms with van der Waals surface area (Å²) in [6.07, 6.45) is 4.86. The minimum absolute atomic E-state index is 0.510. The van der Waals surface area contributed by atoms with Gasteiger partial charge in [0, 0.05) is 32.8 Å². The third-order valence-electron chi connectivity index (χ3n) is 4.91. The molecule has 1 fully saturated rings. The maximum absolute atomic E-state index is 5.43. The Morgan fingerprint density at radius 3 is 2.85 bits per heavy atom. The van der Waals surface area contributed by atoms with Gasteiger partial charge in [0.05, 0.1) is 12.2 Å². The molecule has 27 heavy (non-hydrogen) atoms. The second kappa shape index (κ2) is 8.31. The average Bonchev–Trinajstić information content (AvgIpc) is 3.18. The van der Waals surface area contributed by atoms with E-state index in [1.165, 1.54) is 12.8 Å². The summed E-state index contributed by atoms with van der Waals surface area (Å²) in [7, 11) is 1.77. The molecule has 0 spiro atoms. The first-order chi connectivity index (χ1) is 13.3. The van der Waals surface area contributed by atoms with Gasteiger partial charge in [-0.05, 0) is 36.5 Å². The first-order valence-corrected chi connectivity index (χ1v) is 9.38. The Bertz CT molecular complexity index is 846. The molecule has 0 bridgehead atoms. The van der Waals surface area contributed by atoms with E-state index in [4.69, 9.17) is 9.26 Å². The molecule has 6 nitrogen and oxygen atoms in total. The first-order valence-electron chi connectivity index (χ1n) is 9.38. The molecule has 1 atom stereocenters. The second-order valence-electron chi connectivity index (χ2n) is 6.99. The van der Waals surface area contributed by atoms with Crippen molar-refractivity contribution >= 4 is 5.82 Å². The molecule has 0 amide bonds. The molecule has 1 saturated heterocycles. The predicted molar refractivity (Wildman–Crippen MR) is 104 cm³/mol. The van der Waals surface area contributed by atoms with E-state index in [9.17, 15) is 0 Å². The van der Waals surface area contributed by atoms with E-state index in [2.05, 4.69) is 32.2 Å². The highest BCUT2D eigenvalue weighted by atomic mass is 16.5. The van der Waals surface area contributed by atoms with Gasteiger partial charge in [-0.15, -0.1) is 0 Å². The number of methoxy groups -OCH3 is 1. The normalized spacial score (nSPS) is 17.2. The standard InChI is InChI=1S/C21H24N4O2/c1-26-15-17-8-5-11-25(14-17)20-10-9-18(13-22-20)21-23-19(24-27-21)12-16-6-3-2-4-7-16/h2-4,6-7,9-10,13,17H,5,8,11-12,14-15H2,1H3/t17-/m0/s1. The number of benzene rings is 1. The highest BCUT2D eigenvalue weighted by molar-refractivity contribution is 5.54. The van der Waals surface area contributed by atoms with E-state index in [1.807, 2.05) is 36.5 Å². The molecular weight excluding hydrogens is 340 g/mol. The van der Waals surface area contributed by atoms with Crippen molar-refractivity contribution in [2.45, 2.75) is 19.3 Å². The molecule has 4 rings (SSSR count). The largest absolute Gasteiger partial charge is 0.384 e. The number of nitrogens with zero attached hydrogens (tertiary/aromatic N) is 4. The summed E-state index contributed by atoms with van der Waals surface area (Å²) in [4.78, 5) is 11.5. The average molecular weight is 364 g/mol. The number of anilines is 1. The Kier molecular flexibility index (Phi) is 5.44. The Morgan fingerprint density at radius 1 is 1.19 bits per heavy atom. The quantitative estimate of drug-likeness (QED) is 0.666. The molecule has 1 aromatic carbocycles. The molecule has 1 aliphatic rings. The van der Waals surface area contributed by atoms with Gasteiger partial charge in [-0.25, -0.2) is 4.98 Å². The van der Waals surface area contributed by atoms with Gasteiger partial charge < -0.3 is 14.2 Å². The fourth-order valence-electron chi connectivity index (χ4n) is 3.57. The zero-order valence-corrected chi connectivity index (χ0v) is 15.5. The number of pyridine rings is 1. The molecule has 0 N–H and O–H groups in total. The van der Waals surface area contributed by atoms with Gasteiger partial charge in [-0.3, -0.25) is 0 Å². The van der Waals surface area contributed by atoms with Crippen molar-refractivity contribution in [3.63, 3.8) is 0 Å². The van der Waals surface area contributed by atoms with E-state index < -0.39 is 0 Å². The van der Waals surface area contributed by atoms with Crippen LogP contribution in [0.2, 0.25) is 0 Å². The maximum atomic E-state index is 5.43. The van der Waals surface area contributed by atoms with Crippen molar-refractivity contribution in [1.29, 1.82) is 0 Å². The van der Waals surface area contributed by atoms with Gasteiger partial charge in [0.1, 0.15) is 5.82 Å². The molecule has 0 saturated carbocycles. The molecule has 6 heteroatoms. The SMILES string of the molecule is COC[C@H]1CCCN(c2ccc(-c3nc(Cc4ccccc4)no3)cn2)C1. The molecule has 0 radical (unpaired) electrons. The van der Waals surface area contributed by atoms with Gasteiger partial charge in [0.25, 0.3) is 5.89 Å².